The molecule has 2 rings (SSSR count). The lowest BCUT2D eigenvalue weighted by atomic mass is 10.1. The third-order valence-electron chi connectivity index (χ3n) is 2.87. The fourth-order valence-corrected chi connectivity index (χ4v) is 2.08. The Bertz CT molecular complexity index is 647. The summed E-state index contributed by atoms with van der Waals surface area (Å²) in [6.45, 7) is 10.2. The highest BCUT2D eigenvalue weighted by Gasteiger charge is 2.12. The van der Waals surface area contributed by atoms with Crippen LogP contribution in [0.25, 0.3) is 0 Å². The monoisotopic (exact) mass is 304 g/mol. The van der Waals surface area contributed by atoms with Gasteiger partial charge in [0, 0.05) is 28.0 Å². The second kappa shape index (κ2) is 5.90. The fourth-order valence-electron chi connectivity index (χ4n) is 1.90. The van der Waals surface area contributed by atoms with Crippen molar-refractivity contribution in [3.63, 3.8) is 0 Å². The van der Waals surface area contributed by atoms with Crippen LogP contribution < -0.4 is 10.6 Å². The predicted octanol–water partition coefficient (Wildman–Crippen LogP) is 4.70. The lowest BCUT2D eigenvalue weighted by Gasteiger charge is -2.21. The molecule has 0 amide bonds. The van der Waals surface area contributed by atoms with Crippen LogP contribution in [0.3, 0.4) is 0 Å². The van der Waals surface area contributed by atoms with Crippen LogP contribution in [0.15, 0.2) is 24.3 Å². The average Bonchev–Trinajstić information content (AvgIpc) is 2.32. The number of aryl methyl sites for hydroxylation is 1. The van der Waals surface area contributed by atoms with Crippen LogP contribution in [0.5, 0.6) is 0 Å². The Morgan fingerprint density at radius 2 is 1.81 bits per heavy atom. The molecule has 2 N–H and O–H groups in total. The first-order valence-electron chi connectivity index (χ1n) is 6.90. The zero-order valence-corrected chi connectivity index (χ0v) is 13.8. The highest BCUT2D eigenvalue weighted by Crippen LogP contribution is 2.26. The lowest BCUT2D eigenvalue weighted by molar-refractivity contribution is 0.625. The molecule has 0 aliphatic rings. The summed E-state index contributed by atoms with van der Waals surface area (Å²) < 4.78 is 0. The maximum atomic E-state index is 6.14. The van der Waals surface area contributed by atoms with E-state index in [2.05, 4.69) is 41.4 Å². The highest BCUT2D eigenvalue weighted by atomic mass is 35.5. The number of hydrogen-bond donors (Lipinski definition) is 2. The Morgan fingerprint density at radius 1 is 1.10 bits per heavy atom. The molecule has 2 aromatic rings. The molecule has 0 fully saturated rings. The van der Waals surface area contributed by atoms with Gasteiger partial charge >= 0.3 is 0 Å². The first-order chi connectivity index (χ1) is 9.74. The van der Waals surface area contributed by atoms with E-state index in [0.717, 1.165) is 27.8 Å². The van der Waals surface area contributed by atoms with E-state index in [0.29, 0.717) is 5.95 Å². The van der Waals surface area contributed by atoms with Gasteiger partial charge in [0.15, 0.2) is 0 Å². The Hall–Kier alpha value is -1.81. The molecule has 1 aromatic carbocycles. The molecule has 0 spiro atoms. The fraction of sp³-hybridized carbons (Fsp3) is 0.375. The third-order valence-corrected chi connectivity index (χ3v) is 3.28. The summed E-state index contributed by atoms with van der Waals surface area (Å²) >= 11 is 6.14. The molecule has 0 bridgehead atoms. The van der Waals surface area contributed by atoms with Crippen molar-refractivity contribution < 1.29 is 0 Å². The van der Waals surface area contributed by atoms with Gasteiger partial charge in [0.1, 0.15) is 5.82 Å². The molecular formula is C16H21ClN4. The van der Waals surface area contributed by atoms with Crippen molar-refractivity contribution >= 4 is 29.1 Å². The van der Waals surface area contributed by atoms with E-state index >= 15 is 0 Å². The molecule has 1 heterocycles. The van der Waals surface area contributed by atoms with E-state index < -0.39 is 0 Å². The average molecular weight is 305 g/mol. The Kier molecular flexibility index (Phi) is 4.37. The van der Waals surface area contributed by atoms with Crippen LogP contribution in [0.4, 0.5) is 17.5 Å². The van der Waals surface area contributed by atoms with Gasteiger partial charge in [-0.05, 0) is 52.3 Å². The summed E-state index contributed by atoms with van der Waals surface area (Å²) in [4.78, 5) is 8.92. The number of benzene rings is 1. The Balaban J connectivity index is 2.30. The number of aromatic nitrogens is 2. The smallest absolute Gasteiger partial charge is 0.225 e. The maximum absolute atomic E-state index is 6.14. The molecular weight excluding hydrogens is 284 g/mol. The summed E-state index contributed by atoms with van der Waals surface area (Å²) in [7, 11) is 0. The van der Waals surface area contributed by atoms with Gasteiger partial charge in [0.05, 0.1) is 0 Å². The second-order valence-corrected chi connectivity index (χ2v) is 6.54. The van der Waals surface area contributed by atoms with Crippen molar-refractivity contribution in [2.75, 3.05) is 10.6 Å². The van der Waals surface area contributed by atoms with Crippen LogP contribution in [0.2, 0.25) is 5.02 Å². The molecule has 0 unspecified atom stereocenters. The van der Waals surface area contributed by atoms with Crippen molar-refractivity contribution in [2.24, 2.45) is 0 Å². The zero-order valence-electron chi connectivity index (χ0n) is 13.1. The first-order valence-corrected chi connectivity index (χ1v) is 7.28. The van der Waals surface area contributed by atoms with Crippen molar-refractivity contribution in [2.45, 2.75) is 40.2 Å². The van der Waals surface area contributed by atoms with E-state index in [4.69, 9.17) is 11.6 Å². The number of nitrogens with one attached hydrogen (secondary N) is 2. The molecule has 0 aliphatic carbocycles. The molecule has 5 heteroatoms. The first kappa shape index (κ1) is 15.6. The lowest BCUT2D eigenvalue weighted by Crippen LogP contribution is -2.27. The van der Waals surface area contributed by atoms with Crippen molar-refractivity contribution in [3.05, 3.63) is 40.5 Å². The third kappa shape index (κ3) is 4.33. The maximum Gasteiger partial charge on any atom is 0.225 e. The van der Waals surface area contributed by atoms with Crippen LogP contribution in [-0.2, 0) is 0 Å². The Labute approximate surface area is 131 Å². The molecule has 4 nitrogen and oxygen atoms in total. The summed E-state index contributed by atoms with van der Waals surface area (Å²) in [6, 6.07) is 7.68. The van der Waals surface area contributed by atoms with Gasteiger partial charge in [-0.25, -0.2) is 4.98 Å². The van der Waals surface area contributed by atoms with Crippen LogP contribution in [0, 0.1) is 13.8 Å². The van der Waals surface area contributed by atoms with Crippen LogP contribution >= 0.6 is 11.6 Å². The molecule has 0 aliphatic heterocycles. The largest absolute Gasteiger partial charge is 0.350 e. The molecule has 21 heavy (non-hydrogen) atoms. The molecule has 112 valence electrons. The zero-order chi connectivity index (χ0) is 15.6. The SMILES string of the molecule is Cc1cc(Nc2cccc(Cl)c2C)nc(NC(C)(C)C)n1. The molecule has 0 saturated carbocycles. The highest BCUT2D eigenvalue weighted by molar-refractivity contribution is 6.31. The van der Waals surface area contributed by atoms with E-state index in [-0.39, 0.29) is 5.54 Å². The summed E-state index contributed by atoms with van der Waals surface area (Å²) in [5, 5.41) is 7.33. The number of anilines is 3. The minimum atomic E-state index is -0.0863. The number of nitrogens with zero attached hydrogens (tertiary/aromatic N) is 2. The topological polar surface area (TPSA) is 49.8 Å². The molecule has 0 atom stereocenters. The normalized spacial score (nSPS) is 11.3. The van der Waals surface area contributed by atoms with Crippen molar-refractivity contribution in [1.82, 2.24) is 9.97 Å². The van der Waals surface area contributed by atoms with E-state index in [1.165, 1.54) is 0 Å². The van der Waals surface area contributed by atoms with E-state index in [1.807, 2.05) is 38.1 Å². The Morgan fingerprint density at radius 3 is 2.48 bits per heavy atom. The van der Waals surface area contributed by atoms with Gasteiger partial charge < -0.3 is 10.6 Å². The molecule has 0 saturated heterocycles. The summed E-state index contributed by atoms with van der Waals surface area (Å²) in [5.74, 6) is 1.37. The molecule has 0 radical (unpaired) electrons. The number of hydrogen-bond acceptors (Lipinski definition) is 4. The minimum Gasteiger partial charge on any atom is -0.350 e. The number of halogens is 1. The van der Waals surface area contributed by atoms with Crippen LogP contribution in [0.1, 0.15) is 32.0 Å². The van der Waals surface area contributed by atoms with Gasteiger partial charge in [-0.2, -0.15) is 4.98 Å². The van der Waals surface area contributed by atoms with Crippen LogP contribution in [-0.4, -0.2) is 15.5 Å². The minimum absolute atomic E-state index is 0.0863. The van der Waals surface area contributed by atoms with Crippen molar-refractivity contribution in [3.8, 4) is 0 Å². The van der Waals surface area contributed by atoms with Gasteiger partial charge in [0.25, 0.3) is 0 Å². The second-order valence-electron chi connectivity index (χ2n) is 6.13. The van der Waals surface area contributed by atoms with E-state index in [9.17, 15) is 0 Å². The van der Waals surface area contributed by atoms with Gasteiger partial charge in [-0.15, -0.1) is 0 Å². The number of rotatable bonds is 3. The van der Waals surface area contributed by atoms with Gasteiger partial charge in [-0.3, -0.25) is 0 Å². The summed E-state index contributed by atoms with van der Waals surface area (Å²) in [5.41, 5.74) is 2.76. The van der Waals surface area contributed by atoms with Gasteiger partial charge in [-0.1, -0.05) is 17.7 Å². The van der Waals surface area contributed by atoms with Crippen molar-refractivity contribution in [1.29, 1.82) is 0 Å². The quantitative estimate of drug-likeness (QED) is 0.863. The van der Waals surface area contributed by atoms with E-state index in [1.54, 1.807) is 0 Å². The van der Waals surface area contributed by atoms with Gasteiger partial charge in [0.2, 0.25) is 5.95 Å². The predicted molar refractivity (Wildman–Crippen MR) is 89.6 cm³/mol. The molecule has 1 aromatic heterocycles. The summed E-state index contributed by atoms with van der Waals surface area (Å²) in [6.07, 6.45) is 0. The standard InChI is InChI=1S/C16H21ClN4/c1-10-9-14(20-15(18-10)21-16(3,4)5)19-13-8-6-7-12(17)11(13)2/h6-9H,1-5H3,(H2,18,19,20,21).